The number of aromatic nitrogens is 2. The molecule has 1 N–H and O–H groups in total. The second-order valence-electron chi connectivity index (χ2n) is 4.76. The molecule has 4 nitrogen and oxygen atoms in total. The smallest absolute Gasteiger partial charge is 0.224 e. The van der Waals surface area contributed by atoms with Gasteiger partial charge in [-0.3, -0.25) is 9.48 Å². The molecule has 1 heterocycles. The summed E-state index contributed by atoms with van der Waals surface area (Å²) in [6.45, 7) is 4.53. The van der Waals surface area contributed by atoms with Crippen LogP contribution in [-0.2, 0) is 11.3 Å². The Morgan fingerprint density at radius 1 is 1.37 bits per heavy atom. The molecule has 0 saturated heterocycles. The lowest BCUT2D eigenvalue weighted by Gasteiger charge is -2.09. The van der Waals surface area contributed by atoms with Crippen molar-refractivity contribution in [1.29, 1.82) is 0 Å². The van der Waals surface area contributed by atoms with E-state index in [1.807, 2.05) is 55.1 Å². The van der Waals surface area contributed by atoms with E-state index in [9.17, 15) is 4.79 Å². The van der Waals surface area contributed by atoms with Crippen LogP contribution in [0.3, 0.4) is 0 Å². The van der Waals surface area contributed by atoms with E-state index in [0.717, 1.165) is 16.8 Å². The van der Waals surface area contributed by atoms with Crippen molar-refractivity contribution in [1.82, 2.24) is 15.1 Å². The first-order chi connectivity index (χ1) is 9.11. The van der Waals surface area contributed by atoms with Crippen LogP contribution in [0, 0.1) is 12.8 Å². The third-order valence-corrected chi connectivity index (χ3v) is 3.15. The fourth-order valence-corrected chi connectivity index (χ4v) is 2.11. The van der Waals surface area contributed by atoms with Crippen LogP contribution in [0.4, 0.5) is 0 Å². The van der Waals surface area contributed by atoms with Crippen molar-refractivity contribution in [2.75, 3.05) is 7.05 Å². The molecule has 1 unspecified atom stereocenters. The number of nitrogens with one attached hydrogen (secondary N) is 1. The van der Waals surface area contributed by atoms with Crippen LogP contribution < -0.4 is 5.32 Å². The van der Waals surface area contributed by atoms with Crippen molar-refractivity contribution in [2.45, 2.75) is 20.4 Å². The molecule has 1 amide bonds. The summed E-state index contributed by atoms with van der Waals surface area (Å²) in [7, 11) is 1.66. The van der Waals surface area contributed by atoms with Gasteiger partial charge in [0.15, 0.2) is 0 Å². The van der Waals surface area contributed by atoms with Crippen LogP contribution in [0.15, 0.2) is 36.5 Å². The van der Waals surface area contributed by atoms with Gasteiger partial charge in [0.25, 0.3) is 0 Å². The molecule has 0 bridgehead atoms. The largest absolute Gasteiger partial charge is 0.359 e. The predicted octanol–water partition coefficient (Wildman–Crippen LogP) is 2.24. The molecule has 0 spiro atoms. The van der Waals surface area contributed by atoms with Crippen molar-refractivity contribution in [3.05, 3.63) is 42.1 Å². The monoisotopic (exact) mass is 257 g/mol. The predicted molar refractivity (Wildman–Crippen MR) is 75.6 cm³/mol. The van der Waals surface area contributed by atoms with Crippen molar-refractivity contribution in [2.24, 2.45) is 5.92 Å². The van der Waals surface area contributed by atoms with E-state index >= 15 is 0 Å². The van der Waals surface area contributed by atoms with Crippen molar-refractivity contribution in [3.63, 3.8) is 0 Å². The van der Waals surface area contributed by atoms with E-state index in [0.29, 0.717) is 6.54 Å². The van der Waals surface area contributed by atoms with Crippen molar-refractivity contribution >= 4 is 5.91 Å². The van der Waals surface area contributed by atoms with E-state index in [1.54, 1.807) is 7.05 Å². The number of hydrogen-bond donors (Lipinski definition) is 1. The molecule has 1 aromatic carbocycles. The highest BCUT2D eigenvalue weighted by atomic mass is 16.1. The van der Waals surface area contributed by atoms with Gasteiger partial charge in [0.1, 0.15) is 0 Å². The molecule has 0 aliphatic heterocycles. The fraction of sp³-hybridized carbons (Fsp3) is 0.333. The minimum absolute atomic E-state index is 0.0365. The van der Waals surface area contributed by atoms with Gasteiger partial charge in [0.2, 0.25) is 5.91 Å². The second-order valence-corrected chi connectivity index (χ2v) is 4.76. The van der Waals surface area contributed by atoms with E-state index in [-0.39, 0.29) is 11.8 Å². The minimum Gasteiger partial charge on any atom is -0.359 e. The zero-order valence-electron chi connectivity index (χ0n) is 11.6. The highest BCUT2D eigenvalue weighted by Gasteiger charge is 2.14. The van der Waals surface area contributed by atoms with E-state index in [4.69, 9.17) is 0 Å². The van der Waals surface area contributed by atoms with Crippen LogP contribution >= 0.6 is 0 Å². The van der Waals surface area contributed by atoms with Gasteiger partial charge in [0, 0.05) is 18.8 Å². The van der Waals surface area contributed by atoms with Crippen LogP contribution in [0.2, 0.25) is 0 Å². The van der Waals surface area contributed by atoms with Crippen LogP contribution in [0.5, 0.6) is 0 Å². The topological polar surface area (TPSA) is 46.9 Å². The number of hydrogen-bond acceptors (Lipinski definition) is 2. The quantitative estimate of drug-likeness (QED) is 0.913. The lowest BCUT2D eigenvalue weighted by molar-refractivity contribution is -0.124. The van der Waals surface area contributed by atoms with Gasteiger partial charge >= 0.3 is 0 Å². The summed E-state index contributed by atoms with van der Waals surface area (Å²) in [5.74, 6) is -0.0534. The molecule has 100 valence electrons. The molecule has 2 aromatic rings. The van der Waals surface area contributed by atoms with Gasteiger partial charge in [0.05, 0.1) is 18.2 Å². The number of amides is 1. The zero-order chi connectivity index (χ0) is 13.8. The summed E-state index contributed by atoms with van der Waals surface area (Å²) in [6, 6.07) is 10.1. The van der Waals surface area contributed by atoms with Crippen molar-refractivity contribution in [3.8, 4) is 11.3 Å². The molecule has 0 saturated carbocycles. The highest BCUT2D eigenvalue weighted by molar-refractivity contribution is 5.77. The Morgan fingerprint density at radius 2 is 2.05 bits per heavy atom. The van der Waals surface area contributed by atoms with E-state index < -0.39 is 0 Å². The fourth-order valence-electron chi connectivity index (χ4n) is 2.11. The average Bonchev–Trinajstić information content (AvgIpc) is 2.79. The Labute approximate surface area is 113 Å². The van der Waals surface area contributed by atoms with Gasteiger partial charge in [-0.2, -0.15) is 5.10 Å². The third kappa shape index (κ3) is 3.02. The van der Waals surface area contributed by atoms with E-state index in [2.05, 4.69) is 10.4 Å². The Balaban J connectivity index is 2.20. The third-order valence-electron chi connectivity index (χ3n) is 3.15. The summed E-state index contributed by atoms with van der Waals surface area (Å²) in [4.78, 5) is 11.5. The molecule has 4 heteroatoms. The number of aryl methyl sites for hydroxylation is 1. The van der Waals surface area contributed by atoms with Crippen molar-refractivity contribution < 1.29 is 4.79 Å². The standard InChI is InChI=1S/C15H19N3O/c1-11-9-18(10-12(2)15(19)16-3)17-14(11)13-7-5-4-6-8-13/h4-9,12H,10H2,1-3H3,(H,16,19). The minimum atomic E-state index is -0.0899. The first kappa shape index (κ1) is 13.3. The number of benzene rings is 1. The first-order valence-corrected chi connectivity index (χ1v) is 6.43. The number of nitrogens with zero attached hydrogens (tertiary/aromatic N) is 2. The summed E-state index contributed by atoms with van der Waals surface area (Å²) < 4.78 is 1.84. The average molecular weight is 257 g/mol. The molecule has 1 atom stereocenters. The molecular weight excluding hydrogens is 238 g/mol. The van der Waals surface area contributed by atoms with Crippen LogP contribution in [0.1, 0.15) is 12.5 Å². The van der Waals surface area contributed by atoms with Gasteiger partial charge in [-0.25, -0.2) is 0 Å². The molecule has 0 radical (unpaired) electrons. The molecule has 0 aliphatic rings. The highest BCUT2D eigenvalue weighted by Crippen LogP contribution is 2.21. The normalized spacial score (nSPS) is 12.2. The lowest BCUT2D eigenvalue weighted by atomic mass is 10.1. The second kappa shape index (κ2) is 5.69. The summed E-state index contributed by atoms with van der Waals surface area (Å²) >= 11 is 0. The molecule has 19 heavy (non-hydrogen) atoms. The van der Waals surface area contributed by atoms with E-state index in [1.165, 1.54) is 0 Å². The van der Waals surface area contributed by atoms with Crippen LogP contribution in [-0.4, -0.2) is 22.7 Å². The van der Waals surface area contributed by atoms with Gasteiger partial charge in [-0.15, -0.1) is 0 Å². The zero-order valence-corrected chi connectivity index (χ0v) is 11.6. The Hall–Kier alpha value is -2.10. The Kier molecular flexibility index (Phi) is 4.00. The summed E-state index contributed by atoms with van der Waals surface area (Å²) in [6.07, 6.45) is 1.99. The van der Waals surface area contributed by atoms with Gasteiger partial charge < -0.3 is 5.32 Å². The number of carbonyl (C=O) groups excluding carboxylic acids is 1. The maximum Gasteiger partial charge on any atom is 0.224 e. The Bertz CT molecular complexity index is 560. The lowest BCUT2D eigenvalue weighted by Crippen LogP contribution is -2.28. The Morgan fingerprint density at radius 3 is 2.68 bits per heavy atom. The first-order valence-electron chi connectivity index (χ1n) is 6.43. The van der Waals surface area contributed by atoms with Crippen LogP contribution in [0.25, 0.3) is 11.3 Å². The molecule has 0 aliphatic carbocycles. The maximum absolute atomic E-state index is 11.5. The molecular formula is C15H19N3O. The summed E-state index contributed by atoms with van der Waals surface area (Å²) in [5, 5.41) is 7.23. The maximum atomic E-state index is 11.5. The molecule has 1 aromatic heterocycles. The summed E-state index contributed by atoms with van der Waals surface area (Å²) in [5.41, 5.74) is 3.20. The number of rotatable bonds is 4. The van der Waals surface area contributed by atoms with Gasteiger partial charge in [-0.05, 0) is 12.5 Å². The molecule has 0 fully saturated rings. The SMILES string of the molecule is CNC(=O)C(C)Cn1cc(C)c(-c2ccccc2)n1. The van der Waals surface area contributed by atoms with Gasteiger partial charge in [-0.1, -0.05) is 37.3 Å². The molecule has 2 rings (SSSR count). The number of carbonyl (C=O) groups is 1.